The highest BCUT2D eigenvalue weighted by molar-refractivity contribution is 6.37. The number of hydrazine groups is 1. The minimum atomic E-state index is -0.716. The third-order valence-electron chi connectivity index (χ3n) is 10.6. The van der Waals surface area contributed by atoms with Gasteiger partial charge in [-0.2, -0.15) is 5.53 Å². The van der Waals surface area contributed by atoms with E-state index in [0.29, 0.717) is 12.8 Å². The van der Waals surface area contributed by atoms with Crippen molar-refractivity contribution in [2.24, 2.45) is 21.9 Å². The van der Waals surface area contributed by atoms with Gasteiger partial charge in [0.2, 0.25) is 11.7 Å². The van der Waals surface area contributed by atoms with Gasteiger partial charge in [0.1, 0.15) is 0 Å². The van der Waals surface area contributed by atoms with Crippen LogP contribution in [0.1, 0.15) is 48.9 Å². The van der Waals surface area contributed by atoms with E-state index in [0.717, 1.165) is 54.6 Å². The van der Waals surface area contributed by atoms with Gasteiger partial charge in [0.25, 0.3) is 11.8 Å². The number of carbonyl (C=O) groups is 4. The number of rotatable bonds is 20. The monoisotopic (exact) mass is 944 g/mol. The lowest BCUT2D eigenvalue weighted by Gasteiger charge is -2.22. The summed E-state index contributed by atoms with van der Waals surface area (Å²) in [4.78, 5) is 49.9. The van der Waals surface area contributed by atoms with Crippen LogP contribution < -0.4 is 22.2 Å². The van der Waals surface area contributed by atoms with E-state index >= 15 is 0 Å². The highest BCUT2D eigenvalue weighted by Crippen LogP contribution is 2.22. The number of nitrogens with zero attached hydrogens (tertiary/aromatic N) is 4. The Morgan fingerprint density at radius 1 is 0.543 bits per heavy atom. The smallest absolute Gasteiger partial charge is 0.307 e. The Morgan fingerprint density at radius 3 is 1.31 bits per heavy atom. The first-order valence-electron chi connectivity index (χ1n) is 22.8. The quantitative estimate of drug-likeness (QED) is 0.0109. The predicted molar refractivity (Wildman–Crippen MR) is 270 cm³/mol. The Bertz CT molecular complexity index is 2620. The van der Waals surface area contributed by atoms with Gasteiger partial charge in [-0.1, -0.05) is 175 Å². The van der Waals surface area contributed by atoms with Crippen molar-refractivity contribution >= 4 is 35.4 Å². The van der Waals surface area contributed by atoms with Gasteiger partial charge in [-0.3, -0.25) is 24.6 Å². The maximum absolute atomic E-state index is 12.8. The van der Waals surface area contributed by atoms with Crippen LogP contribution in [0.4, 0.5) is 0 Å². The van der Waals surface area contributed by atoms with E-state index in [1.807, 2.05) is 170 Å². The second-order valence-electron chi connectivity index (χ2n) is 16.0. The number of hydrazone groups is 1. The summed E-state index contributed by atoms with van der Waals surface area (Å²) in [7, 11) is 0. The molecular formula is C54H60N10O6. The fraction of sp³-hybridized carbons (Fsp3) is 0.222. The topological polar surface area (TPSA) is 242 Å². The first kappa shape index (κ1) is 52.5. The Morgan fingerprint density at radius 2 is 0.914 bits per heavy atom. The van der Waals surface area contributed by atoms with Crippen molar-refractivity contribution in [3.63, 3.8) is 0 Å². The zero-order valence-corrected chi connectivity index (χ0v) is 39.4. The molecule has 0 saturated heterocycles. The van der Waals surface area contributed by atoms with Crippen LogP contribution in [-0.4, -0.2) is 70.8 Å². The number of nitrogens with one attached hydrogen (secondary N) is 4. The van der Waals surface area contributed by atoms with Gasteiger partial charge in [-0.25, -0.2) is 16.0 Å². The number of amidine groups is 2. The molecule has 2 amide bonds. The molecule has 0 aromatic heterocycles. The molecule has 2 atom stereocenters. The van der Waals surface area contributed by atoms with Crippen LogP contribution in [0.25, 0.3) is 22.3 Å². The molecule has 16 nitrogen and oxygen atoms in total. The van der Waals surface area contributed by atoms with E-state index in [-0.39, 0.29) is 45.0 Å². The molecule has 0 radical (unpaired) electrons. The maximum Gasteiger partial charge on any atom is 0.307 e. The molecule has 0 aliphatic carbocycles. The van der Waals surface area contributed by atoms with Crippen molar-refractivity contribution in [1.29, 1.82) is 10.9 Å². The van der Waals surface area contributed by atoms with Crippen LogP contribution in [0, 0.1) is 10.9 Å². The molecule has 16 heteroatoms. The van der Waals surface area contributed by atoms with Crippen molar-refractivity contribution in [2.75, 3.05) is 13.2 Å². The third-order valence-corrected chi connectivity index (χ3v) is 10.6. The Hall–Kier alpha value is -8.50. The minimum absolute atomic E-state index is 0.00362. The standard InChI is InChI=1S/C27H29N5O3.C27H31N5O3/c1-2-35-25(33)18-24(17-20-13-15-23(16-14-20)22-11-7-4-8-12-22)30-27(34)26(28)32(31-29)19-21-9-5-3-6-10-21;1-2-35-25(33)18-24(17-20-13-15-23(16-14-20)22-11-7-4-8-12-22)30-27(34)26(28)31-32(29)19-21-9-5-3-6-10-21/h3-16,24,28-29H,2,17-19H2,1H3,(H,30,34);3-16,24H,2,17-19,29H2,1H3,(H2,28,31)(H,30,34)/t2*24-/m11/s1. The lowest BCUT2D eigenvalue weighted by atomic mass is 9.99. The minimum Gasteiger partial charge on any atom is -0.466 e. The molecule has 0 bridgehead atoms. The van der Waals surface area contributed by atoms with E-state index in [9.17, 15) is 19.2 Å². The van der Waals surface area contributed by atoms with E-state index in [4.69, 9.17) is 32.0 Å². The zero-order chi connectivity index (χ0) is 50.1. The van der Waals surface area contributed by atoms with Gasteiger partial charge >= 0.3 is 11.9 Å². The van der Waals surface area contributed by atoms with E-state index < -0.39 is 41.7 Å². The number of carbonyl (C=O) groups excluding carboxylic acids is 4. The van der Waals surface area contributed by atoms with Gasteiger partial charge in [0, 0.05) is 12.1 Å². The Balaban J connectivity index is 0.000000261. The van der Waals surface area contributed by atoms with Crippen LogP contribution in [-0.2, 0) is 54.6 Å². The van der Waals surface area contributed by atoms with Gasteiger partial charge in [-0.15, -0.1) is 5.10 Å². The lowest BCUT2D eigenvalue weighted by molar-refractivity contribution is -0.144. The van der Waals surface area contributed by atoms with Crippen molar-refractivity contribution in [1.82, 2.24) is 20.8 Å². The highest BCUT2D eigenvalue weighted by atomic mass is 16.5. The molecule has 0 spiro atoms. The van der Waals surface area contributed by atoms with Crippen molar-refractivity contribution in [3.05, 3.63) is 192 Å². The summed E-state index contributed by atoms with van der Waals surface area (Å²) in [6.45, 7) is 4.36. The van der Waals surface area contributed by atoms with Gasteiger partial charge in [0.15, 0.2) is 0 Å². The highest BCUT2D eigenvalue weighted by Gasteiger charge is 2.24. The van der Waals surface area contributed by atoms with Crippen LogP contribution in [0.2, 0.25) is 0 Å². The van der Waals surface area contributed by atoms with Crippen LogP contribution >= 0.6 is 0 Å². The first-order chi connectivity index (χ1) is 33.9. The molecular weight excluding hydrogens is 885 g/mol. The summed E-state index contributed by atoms with van der Waals surface area (Å²) in [5.74, 6) is 2.96. The zero-order valence-electron chi connectivity index (χ0n) is 39.4. The van der Waals surface area contributed by atoms with Crippen molar-refractivity contribution < 1.29 is 28.7 Å². The van der Waals surface area contributed by atoms with Crippen molar-refractivity contribution in [3.8, 4) is 22.3 Å². The first-order valence-corrected chi connectivity index (χ1v) is 22.8. The van der Waals surface area contributed by atoms with E-state index in [1.54, 1.807) is 13.8 Å². The molecule has 6 aromatic rings. The molecule has 0 saturated carbocycles. The van der Waals surface area contributed by atoms with Gasteiger partial charge in [-0.05, 0) is 71.2 Å². The molecule has 6 rings (SSSR count). The molecule has 0 aliphatic heterocycles. The summed E-state index contributed by atoms with van der Waals surface area (Å²) >= 11 is 0. The summed E-state index contributed by atoms with van der Waals surface area (Å²) in [5, 5.41) is 23.2. The molecule has 0 heterocycles. The largest absolute Gasteiger partial charge is 0.466 e. The fourth-order valence-corrected chi connectivity index (χ4v) is 7.23. The molecule has 6 aromatic carbocycles. The molecule has 0 aliphatic rings. The third kappa shape index (κ3) is 17.6. The summed E-state index contributed by atoms with van der Waals surface area (Å²) in [5.41, 5.74) is 21.3. The van der Waals surface area contributed by atoms with E-state index in [2.05, 4.69) is 21.0 Å². The van der Waals surface area contributed by atoms with Crippen LogP contribution in [0.3, 0.4) is 0 Å². The number of benzene rings is 6. The molecule has 0 unspecified atom stereocenters. The number of amides is 2. The van der Waals surface area contributed by atoms with Crippen molar-refractivity contribution in [2.45, 2.75) is 64.7 Å². The summed E-state index contributed by atoms with van der Waals surface area (Å²) < 4.78 is 10.2. The predicted octanol–water partition coefficient (Wildman–Crippen LogP) is 7.74. The average molecular weight is 945 g/mol. The number of hydrogen-bond donors (Lipinski definition) is 6. The molecule has 0 fully saturated rings. The van der Waals surface area contributed by atoms with E-state index in [1.165, 1.54) is 0 Å². The maximum atomic E-state index is 12.8. The second kappa shape index (κ2) is 28.0. The van der Waals surface area contributed by atoms with Gasteiger partial charge in [0.05, 0.1) is 39.1 Å². The lowest BCUT2D eigenvalue weighted by Crippen LogP contribution is -2.46. The van der Waals surface area contributed by atoms with Gasteiger partial charge < -0.3 is 25.8 Å². The normalized spacial score (nSPS) is 11.6. The average Bonchev–Trinajstić information content (AvgIpc) is 3.37. The SMILES string of the molecule is CCOC(=O)C[C@@H](Cc1ccc(-c2ccccc2)cc1)NC(=O)/C(N)=N/N(N)Cc1ccccc1.CCOC(=O)C[C@@H](Cc1ccc(-c2ccccc2)cc1)NC(=O)C(=N)N(Cc1ccccc1)N=N. The summed E-state index contributed by atoms with van der Waals surface area (Å²) in [6, 6.07) is 53.4. The molecule has 8 N–H and O–H groups in total. The second-order valence-corrected chi connectivity index (χ2v) is 16.0. The number of esters is 2. The molecule has 362 valence electrons. The molecule has 70 heavy (non-hydrogen) atoms. The fourth-order valence-electron chi connectivity index (χ4n) is 7.23. The number of nitrogens with two attached hydrogens (primary N) is 2. The Labute approximate surface area is 408 Å². The Kier molecular flexibility index (Phi) is 21.0. The number of hydrogen-bond acceptors (Lipinski definition) is 12. The van der Waals surface area contributed by atoms with Crippen LogP contribution in [0.5, 0.6) is 0 Å². The number of ether oxygens (including phenoxy) is 2. The van der Waals surface area contributed by atoms with Crippen LogP contribution in [0.15, 0.2) is 180 Å². The summed E-state index contributed by atoms with van der Waals surface area (Å²) in [6.07, 6.45) is 0.764.